The molecule has 106 valence electrons. The molecule has 1 fully saturated rings. The molecule has 0 aromatic heterocycles. The van der Waals surface area contributed by atoms with E-state index in [4.69, 9.17) is 0 Å². The van der Waals surface area contributed by atoms with Crippen LogP contribution in [0, 0.1) is 16.7 Å². The van der Waals surface area contributed by atoms with Crippen molar-refractivity contribution in [3.8, 4) is 6.07 Å². The molecule has 1 aliphatic rings. The molecule has 0 spiro atoms. The lowest BCUT2D eigenvalue weighted by molar-refractivity contribution is -0.129. The van der Waals surface area contributed by atoms with Gasteiger partial charge >= 0.3 is 0 Å². The predicted molar refractivity (Wildman–Crippen MR) is 79.4 cm³/mol. The van der Waals surface area contributed by atoms with Gasteiger partial charge in [-0.25, -0.2) is 0 Å². The van der Waals surface area contributed by atoms with Crippen LogP contribution in [-0.4, -0.2) is 26.0 Å². The Morgan fingerprint density at radius 2 is 2.05 bits per heavy atom. The highest BCUT2D eigenvalue weighted by Crippen LogP contribution is 2.36. The quantitative estimate of drug-likeness (QED) is 0.917. The molecule has 2 rings (SSSR count). The smallest absolute Gasteiger partial charge is 0.233 e. The molecule has 0 bridgehead atoms. The van der Waals surface area contributed by atoms with E-state index in [0.717, 1.165) is 32.4 Å². The van der Waals surface area contributed by atoms with Gasteiger partial charge in [0.05, 0.1) is 16.7 Å². The highest BCUT2D eigenvalue weighted by Gasteiger charge is 2.40. The zero-order valence-corrected chi connectivity index (χ0v) is 12.1. The number of carbonyl (C=O) groups is 1. The van der Waals surface area contributed by atoms with Crippen LogP contribution in [0.3, 0.4) is 0 Å². The van der Waals surface area contributed by atoms with Gasteiger partial charge in [0.15, 0.2) is 0 Å². The first-order valence-corrected chi connectivity index (χ1v) is 7.12. The van der Waals surface area contributed by atoms with Crippen molar-refractivity contribution in [2.24, 2.45) is 5.41 Å². The zero-order valence-electron chi connectivity index (χ0n) is 12.1. The molecule has 1 amide bonds. The molecule has 0 atom stereocenters. The lowest BCUT2D eigenvalue weighted by Crippen LogP contribution is -2.48. The van der Waals surface area contributed by atoms with Gasteiger partial charge in [-0.1, -0.05) is 19.1 Å². The monoisotopic (exact) mass is 271 g/mol. The van der Waals surface area contributed by atoms with Crippen LogP contribution in [0.5, 0.6) is 0 Å². The van der Waals surface area contributed by atoms with E-state index < -0.39 is 0 Å². The number of rotatable bonds is 3. The van der Waals surface area contributed by atoms with Crippen molar-refractivity contribution in [1.29, 1.82) is 5.26 Å². The molecule has 0 aliphatic carbocycles. The van der Waals surface area contributed by atoms with Crippen molar-refractivity contribution in [3.63, 3.8) is 0 Å². The third kappa shape index (κ3) is 2.54. The van der Waals surface area contributed by atoms with Crippen LogP contribution in [0.15, 0.2) is 24.3 Å². The Balaban J connectivity index is 2.30. The van der Waals surface area contributed by atoms with Crippen LogP contribution >= 0.6 is 0 Å². The van der Waals surface area contributed by atoms with Gasteiger partial charge in [0.1, 0.15) is 6.07 Å². The minimum atomic E-state index is -0.289. The minimum absolute atomic E-state index is 0.129. The second kappa shape index (κ2) is 6.06. The second-order valence-electron chi connectivity index (χ2n) is 5.38. The first-order valence-electron chi connectivity index (χ1n) is 7.12. The number of piperidine rings is 1. The molecule has 0 saturated carbocycles. The summed E-state index contributed by atoms with van der Waals surface area (Å²) >= 11 is 0. The lowest BCUT2D eigenvalue weighted by Gasteiger charge is -2.38. The highest BCUT2D eigenvalue weighted by molar-refractivity contribution is 5.98. The van der Waals surface area contributed by atoms with Crippen molar-refractivity contribution in [3.05, 3.63) is 29.8 Å². The summed E-state index contributed by atoms with van der Waals surface area (Å²) in [7, 11) is 1.78. The van der Waals surface area contributed by atoms with Crippen molar-refractivity contribution in [2.75, 3.05) is 25.0 Å². The average molecular weight is 271 g/mol. The number of hydrogen-bond acceptors (Lipinski definition) is 3. The predicted octanol–water partition coefficient (Wildman–Crippen LogP) is 2.30. The van der Waals surface area contributed by atoms with Crippen LogP contribution in [0.4, 0.5) is 5.69 Å². The Kier molecular flexibility index (Phi) is 4.41. The van der Waals surface area contributed by atoms with Gasteiger partial charge in [-0.2, -0.15) is 5.26 Å². The molecule has 4 nitrogen and oxygen atoms in total. The molecule has 1 aliphatic heterocycles. The Morgan fingerprint density at radius 1 is 1.40 bits per heavy atom. The summed E-state index contributed by atoms with van der Waals surface area (Å²) in [5, 5.41) is 12.5. The summed E-state index contributed by atoms with van der Waals surface area (Å²) in [4.78, 5) is 14.6. The maximum atomic E-state index is 12.9. The van der Waals surface area contributed by atoms with E-state index in [9.17, 15) is 10.1 Å². The molecule has 1 aromatic rings. The van der Waals surface area contributed by atoms with Gasteiger partial charge in [0, 0.05) is 7.05 Å². The number of anilines is 1. The van der Waals surface area contributed by atoms with Crippen LogP contribution in [0.1, 0.15) is 31.7 Å². The number of para-hydroxylation sites is 1. The summed E-state index contributed by atoms with van der Waals surface area (Å²) in [5.74, 6) is 0.129. The fourth-order valence-electron chi connectivity index (χ4n) is 2.95. The number of nitriles is 1. The van der Waals surface area contributed by atoms with Crippen molar-refractivity contribution in [1.82, 2.24) is 5.32 Å². The topological polar surface area (TPSA) is 56.1 Å². The van der Waals surface area contributed by atoms with E-state index in [1.54, 1.807) is 18.0 Å². The van der Waals surface area contributed by atoms with E-state index in [-0.39, 0.29) is 11.3 Å². The molecular formula is C16H21N3O. The number of nitrogens with zero attached hydrogens (tertiary/aromatic N) is 2. The molecule has 1 saturated heterocycles. The first kappa shape index (κ1) is 14.5. The summed E-state index contributed by atoms with van der Waals surface area (Å²) < 4.78 is 0. The normalized spacial score (nSPS) is 17.2. The largest absolute Gasteiger partial charge is 0.317 e. The molecule has 1 N–H and O–H groups in total. The van der Waals surface area contributed by atoms with Crippen molar-refractivity contribution in [2.45, 2.75) is 26.2 Å². The Labute approximate surface area is 120 Å². The fraction of sp³-hybridized carbons (Fsp3) is 0.500. The fourth-order valence-corrected chi connectivity index (χ4v) is 2.95. The maximum absolute atomic E-state index is 12.9. The SMILES string of the molecule is CCC1(C(=O)N(C)c2ccccc2C#N)CCNCC1. The summed E-state index contributed by atoms with van der Waals surface area (Å²) in [6.45, 7) is 3.84. The Morgan fingerprint density at radius 3 is 2.65 bits per heavy atom. The molecule has 4 heteroatoms. The molecule has 20 heavy (non-hydrogen) atoms. The molecule has 1 aromatic carbocycles. The molecule has 0 radical (unpaired) electrons. The van der Waals surface area contributed by atoms with Gasteiger partial charge in [0.2, 0.25) is 5.91 Å². The van der Waals surface area contributed by atoms with Crippen LogP contribution < -0.4 is 10.2 Å². The van der Waals surface area contributed by atoms with E-state index >= 15 is 0 Å². The van der Waals surface area contributed by atoms with E-state index in [2.05, 4.69) is 18.3 Å². The van der Waals surface area contributed by atoms with Crippen LogP contribution in [0.2, 0.25) is 0 Å². The number of carbonyl (C=O) groups excluding carboxylic acids is 1. The number of hydrogen-bond donors (Lipinski definition) is 1. The maximum Gasteiger partial charge on any atom is 0.233 e. The summed E-state index contributed by atoms with van der Waals surface area (Å²) in [5.41, 5.74) is 0.956. The van der Waals surface area contributed by atoms with E-state index in [1.807, 2.05) is 18.2 Å². The van der Waals surface area contributed by atoms with Gasteiger partial charge in [-0.15, -0.1) is 0 Å². The third-order valence-electron chi connectivity index (χ3n) is 4.38. The third-order valence-corrected chi connectivity index (χ3v) is 4.38. The Bertz CT molecular complexity index is 527. The van der Waals surface area contributed by atoms with Crippen molar-refractivity contribution < 1.29 is 4.79 Å². The van der Waals surface area contributed by atoms with Crippen molar-refractivity contribution >= 4 is 11.6 Å². The number of amides is 1. The first-order chi connectivity index (χ1) is 9.64. The van der Waals surface area contributed by atoms with Gasteiger partial charge in [-0.3, -0.25) is 4.79 Å². The lowest BCUT2D eigenvalue weighted by atomic mass is 9.75. The molecule has 1 heterocycles. The summed E-state index contributed by atoms with van der Waals surface area (Å²) in [6.07, 6.45) is 2.56. The number of nitrogens with one attached hydrogen (secondary N) is 1. The van der Waals surface area contributed by atoms with Crippen LogP contribution in [0.25, 0.3) is 0 Å². The number of benzene rings is 1. The second-order valence-corrected chi connectivity index (χ2v) is 5.38. The zero-order chi connectivity index (χ0) is 14.6. The molecular weight excluding hydrogens is 250 g/mol. The van der Waals surface area contributed by atoms with Gasteiger partial charge < -0.3 is 10.2 Å². The average Bonchev–Trinajstić information content (AvgIpc) is 2.54. The van der Waals surface area contributed by atoms with E-state index in [1.165, 1.54) is 0 Å². The Hall–Kier alpha value is -1.86. The summed E-state index contributed by atoms with van der Waals surface area (Å²) in [6, 6.07) is 9.42. The standard InChI is InChI=1S/C16H21N3O/c1-3-16(8-10-18-11-9-16)15(20)19(2)14-7-5-4-6-13(14)12-17/h4-7,18H,3,8-11H2,1-2H3. The van der Waals surface area contributed by atoms with Gasteiger partial charge in [-0.05, 0) is 44.5 Å². The minimum Gasteiger partial charge on any atom is -0.317 e. The highest BCUT2D eigenvalue weighted by atomic mass is 16.2. The van der Waals surface area contributed by atoms with Gasteiger partial charge in [0.25, 0.3) is 0 Å². The van der Waals surface area contributed by atoms with Crippen LogP contribution in [-0.2, 0) is 4.79 Å². The molecule has 0 unspecified atom stereocenters. The van der Waals surface area contributed by atoms with E-state index in [0.29, 0.717) is 11.3 Å².